The first kappa shape index (κ1) is 21.0. The van der Waals surface area contributed by atoms with Crippen LogP contribution in [0.4, 0.5) is 15.8 Å². The topological polar surface area (TPSA) is 119 Å². The van der Waals surface area contributed by atoms with E-state index in [-0.39, 0.29) is 16.9 Å². The fourth-order valence-corrected chi connectivity index (χ4v) is 3.26. The van der Waals surface area contributed by atoms with Crippen molar-refractivity contribution in [2.24, 2.45) is 0 Å². The van der Waals surface area contributed by atoms with Crippen LogP contribution in [0.2, 0.25) is 0 Å². The molecule has 28 heavy (non-hydrogen) atoms. The molecule has 2 aromatic carbocycles. The normalized spacial score (nSPS) is 10.8. The summed E-state index contributed by atoms with van der Waals surface area (Å²) in [6.07, 6.45) is 0. The van der Waals surface area contributed by atoms with Gasteiger partial charge in [-0.2, -0.15) is 0 Å². The van der Waals surface area contributed by atoms with Crippen molar-refractivity contribution >= 4 is 39.0 Å². The second-order valence-corrected chi connectivity index (χ2v) is 7.77. The van der Waals surface area contributed by atoms with Crippen LogP contribution in [-0.4, -0.2) is 44.8 Å². The van der Waals surface area contributed by atoms with E-state index in [1.165, 1.54) is 43.5 Å². The van der Waals surface area contributed by atoms with E-state index in [0.29, 0.717) is 0 Å². The molecule has 0 aromatic heterocycles. The molecule has 2 amide bonds. The zero-order valence-electron chi connectivity index (χ0n) is 14.8. The number of esters is 1. The predicted octanol–water partition coefficient (Wildman–Crippen LogP) is 1.60. The molecule has 0 aliphatic heterocycles. The molecule has 0 aliphatic rings. The minimum absolute atomic E-state index is 0.182. The summed E-state index contributed by atoms with van der Waals surface area (Å²) in [6, 6.07) is 10.5. The Morgan fingerprint density at radius 2 is 1.50 bits per heavy atom. The average molecular weight is 408 g/mol. The van der Waals surface area contributed by atoms with Crippen molar-refractivity contribution < 1.29 is 31.9 Å². The number of amides is 2. The number of halogens is 1. The molecule has 0 saturated carbocycles. The molecule has 2 rings (SSSR count). The number of carbonyl (C=O) groups excluding carboxylic acids is 3. The Hall–Kier alpha value is -3.27. The first-order valence-electron chi connectivity index (χ1n) is 7.92. The van der Waals surface area contributed by atoms with Crippen molar-refractivity contribution in [3.63, 3.8) is 0 Å². The van der Waals surface area contributed by atoms with E-state index >= 15 is 0 Å². The van der Waals surface area contributed by atoms with Gasteiger partial charge in [0.05, 0.1) is 12.7 Å². The molecule has 0 aliphatic carbocycles. The molecule has 10 heteroatoms. The molecular formula is C18H17FN2O6S. The molecular weight excluding hydrogens is 391 g/mol. The van der Waals surface area contributed by atoms with Crippen LogP contribution in [0.25, 0.3) is 0 Å². The van der Waals surface area contributed by atoms with Gasteiger partial charge < -0.3 is 15.4 Å². The number of sulfone groups is 1. The quantitative estimate of drug-likeness (QED) is 0.672. The molecule has 0 radical (unpaired) electrons. The Morgan fingerprint density at radius 3 is 2.07 bits per heavy atom. The maximum atomic E-state index is 12.8. The van der Waals surface area contributed by atoms with Gasteiger partial charge in [-0.05, 0) is 42.5 Å². The highest BCUT2D eigenvalue weighted by Crippen LogP contribution is 2.12. The molecule has 0 fully saturated rings. The van der Waals surface area contributed by atoms with Crippen LogP contribution >= 0.6 is 0 Å². The van der Waals surface area contributed by atoms with Gasteiger partial charge >= 0.3 is 5.97 Å². The standard InChI is InChI=1S/C18H17FN2O6S/c1-27-18(24)12-3-2-4-15(9-12)21-17(23)11-28(25,26)10-16(22)20-14-7-5-13(19)6-8-14/h2-9H,10-11H2,1H3,(H,20,22)(H,21,23). The fourth-order valence-electron chi connectivity index (χ4n) is 2.22. The van der Waals surface area contributed by atoms with Crippen LogP contribution in [0, 0.1) is 5.82 Å². The first-order valence-corrected chi connectivity index (χ1v) is 9.75. The number of ether oxygens (including phenoxy) is 1. The lowest BCUT2D eigenvalue weighted by Gasteiger charge is -2.08. The largest absolute Gasteiger partial charge is 0.465 e. The third-order valence-corrected chi connectivity index (χ3v) is 4.80. The van der Waals surface area contributed by atoms with Gasteiger partial charge in [0.1, 0.15) is 17.3 Å². The Balaban J connectivity index is 1.94. The van der Waals surface area contributed by atoms with E-state index in [9.17, 15) is 27.2 Å². The number of benzene rings is 2. The minimum Gasteiger partial charge on any atom is -0.465 e. The van der Waals surface area contributed by atoms with Crippen LogP contribution in [0.15, 0.2) is 48.5 Å². The molecule has 2 aromatic rings. The zero-order chi connectivity index (χ0) is 20.7. The van der Waals surface area contributed by atoms with Gasteiger partial charge in [-0.1, -0.05) is 6.07 Å². The minimum atomic E-state index is -4.05. The van der Waals surface area contributed by atoms with Crippen LogP contribution in [0.1, 0.15) is 10.4 Å². The van der Waals surface area contributed by atoms with E-state index in [0.717, 1.165) is 12.1 Å². The summed E-state index contributed by atoms with van der Waals surface area (Å²) in [7, 11) is -2.84. The molecule has 0 atom stereocenters. The lowest BCUT2D eigenvalue weighted by atomic mass is 10.2. The third-order valence-electron chi connectivity index (χ3n) is 3.40. The highest BCUT2D eigenvalue weighted by molar-refractivity contribution is 7.92. The van der Waals surface area contributed by atoms with Gasteiger partial charge in [0.15, 0.2) is 9.84 Å². The number of hydrogen-bond acceptors (Lipinski definition) is 6. The highest BCUT2D eigenvalue weighted by Gasteiger charge is 2.21. The van der Waals surface area contributed by atoms with Gasteiger partial charge in [-0.25, -0.2) is 17.6 Å². The van der Waals surface area contributed by atoms with E-state index in [2.05, 4.69) is 15.4 Å². The summed E-state index contributed by atoms with van der Waals surface area (Å²) in [4.78, 5) is 35.3. The summed E-state index contributed by atoms with van der Waals surface area (Å²) in [5, 5.41) is 4.65. The maximum Gasteiger partial charge on any atom is 0.337 e. The average Bonchev–Trinajstić information content (AvgIpc) is 2.62. The summed E-state index contributed by atoms with van der Waals surface area (Å²) >= 11 is 0. The molecule has 0 bridgehead atoms. The molecule has 0 unspecified atom stereocenters. The summed E-state index contributed by atoms with van der Waals surface area (Å²) < 4.78 is 41.5. The second-order valence-electron chi connectivity index (χ2n) is 5.71. The van der Waals surface area contributed by atoms with E-state index in [1.54, 1.807) is 0 Å². The van der Waals surface area contributed by atoms with Crippen molar-refractivity contribution in [1.29, 1.82) is 0 Å². The fraction of sp³-hybridized carbons (Fsp3) is 0.167. The van der Waals surface area contributed by atoms with Crippen LogP contribution in [-0.2, 0) is 24.2 Å². The number of nitrogens with one attached hydrogen (secondary N) is 2. The van der Waals surface area contributed by atoms with Gasteiger partial charge in [0.25, 0.3) is 0 Å². The van der Waals surface area contributed by atoms with E-state index < -0.39 is 44.9 Å². The Kier molecular flexibility index (Phi) is 6.83. The van der Waals surface area contributed by atoms with E-state index in [4.69, 9.17) is 0 Å². The van der Waals surface area contributed by atoms with Crippen molar-refractivity contribution in [3.8, 4) is 0 Å². The molecule has 8 nitrogen and oxygen atoms in total. The van der Waals surface area contributed by atoms with Crippen LogP contribution in [0.3, 0.4) is 0 Å². The zero-order valence-corrected chi connectivity index (χ0v) is 15.6. The number of methoxy groups -OCH3 is 1. The maximum absolute atomic E-state index is 12.8. The van der Waals surface area contributed by atoms with Crippen molar-refractivity contribution in [3.05, 3.63) is 59.9 Å². The number of carbonyl (C=O) groups is 3. The van der Waals surface area contributed by atoms with Crippen LogP contribution < -0.4 is 10.6 Å². The van der Waals surface area contributed by atoms with Gasteiger partial charge in [-0.15, -0.1) is 0 Å². The third kappa shape index (κ3) is 6.47. The van der Waals surface area contributed by atoms with Gasteiger partial charge in [0.2, 0.25) is 11.8 Å². The monoisotopic (exact) mass is 408 g/mol. The highest BCUT2D eigenvalue weighted by atomic mass is 32.2. The van der Waals surface area contributed by atoms with Gasteiger partial charge in [-0.3, -0.25) is 9.59 Å². The smallest absolute Gasteiger partial charge is 0.337 e. The predicted molar refractivity (Wildman–Crippen MR) is 100 cm³/mol. The number of anilines is 2. The summed E-state index contributed by atoms with van der Waals surface area (Å²) in [6.45, 7) is 0. The first-order chi connectivity index (χ1) is 13.2. The molecule has 0 heterocycles. The van der Waals surface area contributed by atoms with Gasteiger partial charge in [0, 0.05) is 11.4 Å². The number of rotatable bonds is 7. The summed E-state index contributed by atoms with van der Waals surface area (Å²) in [5.74, 6) is -4.67. The molecule has 0 saturated heterocycles. The van der Waals surface area contributed by atoms with Crippen molar-refractivity contribution in [1.82, 2.24) is 0 Å². The van der Waals surface area contributed by atoms with Crippen molar-refractivity contribution in [2.75, 3.05) is 29.2 Å². The molecule has 0 spiro atoms. The number of hydrogen-bond donors (Lipinski definition) is 2. The molecule has 148 valence electrons. The second kappa shape index (κ2) is 9.09. The molecule has 2 N–H and O–H groups in total. The SMILES string of the molecule is COC(=O)c1cccc(NC(=O)CS(=O)(=O)CC(=O)Nc2ccc(F)cc2)c1. The Morgan fingerprint density at radius 1 is 0.929 bits per heavy atom. The van der Waals surface area contributed by atoms with Crippen LogP contribution in [0.5, 0.6) is 0 Å². The Bertz CT molecular complexity index is 989. The lowest BCUT2D eigenvalue weighted by Crippen LogP contribution is -2.30. The van der Waals surface area contributed by atoms with E-state index in [1.807, 2.05) is 0 Å². The Labute approximate surface area is 160 Å². The lowest BCUT2D eigenvalue weighted by molar-refractivity contribution is -0.114. The van der Waals surface area contributed by atoms with Crippen molar-refractivity contribution in [2.45, 2.75) is 0 Å². The summed E-state index contributed by atoms with van der Waals surface area (Å²) in [5.41, 5.74) is 0.617.